The van der Waals surface area contributed by atoms with Crippen LogP contribution in [0.25, 0.3) is 0 Å². The number of hydrogen-bond acceptors (Lipinski definition) is 3. The molecule has 2 N–H and O–H groups in total. The predicted octanol–water partition coefficient (Wildman–Crippen LogP) is 1.61. The number of carbonyl (C=O) groups excluding carboxylic acids is 2. The van der Waals surface area contributed by atoms with E-state index in [-0.39, 0.29) is 18.0 Å². The molecular weight excluding hydrogens is 282 g/mol. The normalized spacial score (nSPS) is 15.5. The van der Waals surface area contributed by atoms with Crippen LogP contribution in [0, 0.1) is 0 Å². The molecule has 1 aliphatic rings. The van der Waals surface area contributed by atoms with Gasteiger partial charge < -0.3 is 10.6 Å². The molecule has 2 heterocycles. The monoisotopic (exact) mass is 299 g/mol. The van der Waals surface area contributed by atoms with Gasteiger partial charge in [-0.25, -0.2) is 4.79 Å². The molecular formula is C15H17N5O2. The first-order chi connectivity index (χ1) is 10.6. The van der Waals surface area contributed by atoms with Crippen LogP contribution in [0.3, 0.4) is 0 Å². The molecule has 0 aliphatic carbocycles. The number of urea groups is 1. The standard InChI is InChI=1S/C15H17N5O2/c1-11(20-9-2-7-17-20)14(21)18-12-3-5-13(6-4-12)19-10-8-16-15(19)22/h2-7,9,11H,8,10H2,1H3,(H,16,22)(H,18,21). The van der Waals surface area contributed by atoms with Crippen molar-refractivity contribution < 1.29 is 9.59 Å². The number of nitrogens with one attached hydrogen (secondary N) is 2. The Morgan fingerprint density at radius 3 is 2.73 bits per heavy atom. The Labute approximate surface area is 127 Å². The summed E-state index contributed by atoms with van der Waals surface area (Å²) in [6.45, 7) is 3.09. The van der Waals surface area contributed by atoms with E-state index >= 15 is 0 Å². The van der Waals surface area contributed by atoms with Gasteiger partial charge in [-0.3, -0.25) is 14.4 Å². The summed E-state index contributed by atoms with van der Waals surface area (Å²) in [4.78, 5) is 25.4. The quantitative estimate of drug-likeness (QED) is 0.900. The number of rotatable bonds is 4. The van der Waals surface area contributed by atoms with E-state index in [0.29, 0.717) is 18.8 Å². The highest BCUT2D eigenvalue weighted by atomic mass is 16.2. The summed E-state index contributed by atoms with van der Waals surface area (Å²) < 4.78 is 1.60. The van der Waals surface area contributed by atoms with Gasteiger partial charge in [-0.05, 0) is 37.3 Å². The number of nitrogens with zero attached hydrogens (tertiary/aromatic N) is 3. The Balaban J connectivity index is 1.66. The lowest BCUT2D eigenvalue weighted by Crippen LogP contribution is -2.27. The van der Waals surface area contributed by atoms with Crippen molar-refractivity contribution in [2.75, 3.05) is 23.3 Å². The maximum atomic E-state index is 12.2. The number of benzene rings is 1. The first-order valence-corrected chi connectivity index (χ1v) is 7.10. The minimum absolute atomic E-state index is 0.0934. The largest absolute Gasteiger partial charge is 0.336 e. The number of carbonyl (C=O) groups is 2. The zero-order valence-corrected chi connectivity index (χ0v) is 12.2. The highest BCUT2D eigenvalue weighted by molar-refractivity contribution is 5.95. The third kappa shape index (κ3) is 2.78. The van der Waals surface area contributed by atoms with E-state index in [0.717, 1.165) is 5.69 Å². The topological polar surface area (TPSA) is 79.3 Å². The van der Waals surface area contributed by atoms with Crippen molar-refractivity contribution in [1.82, 2.24) is 15.1 Å². The fraction of sp³-hybridized carbons (Fsp3) is 0.267. The number of aromatic nitrogens is 2. The summed E-state index contributed by atoms with van der Waals surface area (Å²) in [7, 11) is 0. The zero-order valence-electron chi connectivity index (χ0n) is 12.2. The third-order valence-corrected chi connectivity index (χ3v) is 3.60. The van der Waals surface area contributed by atoms with Gasteiger partial charge in [0.05, 0.1) is 0 Å². The molecule has 0 saturated carbocycles. The van der Waals surface area contributed by atoms with Gasteiger partial charge in [0, 0.05) is 36.9 Å². The maximum absolute atomic E-state index is 12.2. The average Bonchev–Trinajstić information content (AvgIpc) is 3.19. The van der Waals surface area contributed by atoms with Gasteiger partial charge in [-0.1, -0.05) is 0 Å². The van der Waals surface area contributed by atoms with Crippen LogP contribution in [0.15, 0.2) is 42.7 Å². The van der Waals surface area contributed by atoms with Crippen LogP contribution in [0.1, 0.15) is 13.0 Å². The molecule has 1 aromatic carbocycles. The molecule has 22 heavy (non-hydrogen) atoms. The Bertz CT molecular complexity index is 666. The molecule has 1 aromatic heterocycles. The second-order valence-electron chi connectivity index (χ2n) is 5.08. The van der Waals surface area contributed by atoms with E-state index in [1.54, 1.807) is 47.1 Å². The summed E-state index contributed by atoms with van der Waals surface area (Å²) in [6.07, 6.45) is 3.39. The van der Waals surface area contributed by atoms with Crippen molar-refractivity contribution in [3.05, 3.63) is 42.7 Å². The van der Waals surface area contributed by atoms with Gasteiger partial charge in [0.15, 0.2) is 0 Å². The minimum atomic E-state index is -0.390. The van der Waals surface area contributed by atoms with Crippen LogP contribution in [0.4, 0.5) is 16.2 Å². The molecule has 1 aliphatic heterocycles. The van der Waals surface area contributed by atoms with E-state index in [1.165, 1.54) is 0 Å². The number of anilines is 2. The third-order valence-electron chi connectivity index (χ3n) is 3.60. The van der Waals surface area contributed by atoms with Crippen molar-refractivity contribution in [2.45, 2.75) is 13.0 Å². The Hall–Kier alpha value is -2.83. The molecule has 0 spiro atoms. The van der Waals surface area contributed by atoms with Crippen molar-refractivity contribution in [2.24, 2.45) is 0 Å². The molecule has 1 fully saturated rings. The smallest absolute Gasteiger partial charge is 0.321 e. The number of hydrogen-bond donors (Lipinski definition) is 2. The first kappa shape index (κ1) is 14.1. The van der Waals surface area contributed by atoms with Crippen molar-refractivity contribution in [3.63, 3.8) is 0 Å². The summed E-state index contributed by atoms with van der Waals surface area (Å²) >= 11 is 0. The van der Waals surface area contributed by atoms with Gasteiger partial charge in [0.1, 0.15) is 6.04 Å². The molecule has 2 aromatic rings. The highest BCUT2D eigenvalue weighted by Gasteiger charge is 2.21. The van der Waals surface area contributed by atoms with Gasteiger partial charge in [-0.15, -0.1) is 0 Å². The molecule has 0 bridgehead atoms. The summed E-state index contributed by atoms with van der Waals surface area (Å²) in [5.74, 6) is -0.143. The van der Waals surface area contributed by atoms with E-state index < -0.39 is 0 Å². The fourth-order valence-corrected chi connectivity index (χ4v) is 2.32. The Kier molecular flexibility index (Phi) is 3.78. The molecule has 3 amide bonds. The van der Waals surface area contributed by atoms with Crippen LogP contribution in [-0.4, -0.2) is 34.8 Å². The zero-order chi connectivity index (χ0) is 15.5. The molecule has 1 saturated heterocycles. The highest BCUT2D eigenvalue weighted by Crippen LogP contribution is 2.20. The minimum Gasteiger partial charge on any atom is -0.336 e. The van der Waals surface area contributed by atoms with Crippen molar-refractivity contribution in [1.29, 1.82) is 0 Å². The van der Waals surface area contributed by atoms with Gasteiger partial charge in [-0.2, -0.15) is 5.10 Å². The second kappa shape index (κ2) is 5.88. The maximum Gasteiger partial charge on any atom is 0.321 e. The lowest BCUT2D eigenvalue weighted by molar-refractivity contribution is -0.119. The summed E-state index contributed by atoms with van der Waals surface area (Å²) in [6, 6.07) is 8.50. The SMILES string of the molecule is CC(C(=O)Nc1ccc(N2CCNC2=O)cc1)n1cccn1. The van der Waals surface area contributed by atoms with Gasteiger partial charge >= 0.3 is 6.03 Å². The second-order valence-corrected chi connectivity index (χ2v) is 5.08. The molecule has 114 valence electrons. The molecule has 3 rings (SSSR count). The van der Waals surface area contributed by atoms with Crippen LogP contribution in [0.2, 0.25) is 0 Å². The molecule has 1 unspecified atom stereocenters. The summed E-state index contributed by atoms with van der Waals surface area (Å²) in [5.41, 5.74) is 1.50. The molecule has 7 heteroatoms. The van der Waals surface area contributed by atoms with Crippen LogP contribution >= 0.6 is 0 Å². The van der Waals surface area contributed by atoms with E-state index in [1.807, 2.05) is 12.1 Å². The van der Waals surface area contributed by atoms with Crippen LogP contribution in [0.5, 0.6) is 0 Å². The van der Waals surface area contributed by atoms with Crippen LogP contribution in [-0.2, 0) is 4.79 Å². The van der Waals surface area contributed by atoms with Crippen LogP contribution < -0.4 is 15.5 Å². The van der Waals surface area contributed by atoms with Gasteiger partial charge in [0.2, 0.25) is 5.91 Å². The summed E-state index contributed by atoms with van der Waals surface area (Å²) in [5, 5.41) is 9.65. The van der Waals surface area contributed by atoms with E-state index in [4.69, 9.17) is 0 Å². The van der Waals surface area contributed by atoms with Gasteiger partial charge in [0.25, 0.3) is 0 Å². The lowest BCUT2D eigenvalue weighted by atomic mass is 10.2. The molecule has 7 nitrogen and oxygen atoms in total. The number of amides is 3. The Morgan fingerprint density at radius 2 is 2.14 bits per heavy atom. The van der Waals surface area contributed by atoms with Crippen molar-refractivity contribution >= 4 is 23.3 Å². The average molecular weight is 299 g/mol. The van der Waals surface area contributed by atoms with E-state index in [2.05, 4.69) is 15.7 Å². The molecule has 1 atom stereocenters. The molecule has 0 radical (unpaired) electrons. The predicted molar refractivity (Wildman–Crippen MR) is 82.8 cm³/mol. The fourth-order valence-electron chi connectivity index (χ4n) is 2.32. The lowest BCUT2D eigenvalue weighted by Gasteiger charge is -2.16. The Morgan fingerprint density at radius 1 is 1.36 bits per heavy atom. The van der Waals surface area contributed by atoms with E-state index in [9.17, 15) is 9.59 Å². The van der Waals surface area contributed by atoms with Crippen molar-refractivity contribution in [3.8, 4) is 0 Å². The first-order valence-electron chi connectivity index (χ1n) is 7.10.